The third kappa shape index (κ3) is 5.81. The second kappa shape index (κ2) is 11.6. The van der Waals surface area contributed by atoms with E-state index in [1.165, 1.54) is 6.08 Å². The number of benzene rings is 1. The van der Waals surface area contributed by atoms with Gasteiger partial charge in [-0.15, -0.1) is 0 Å². The standard InChI is InChI=1S/C29H32F4N6O2/c1-3-26(40)37-11-13-38(14-12-37)27-21-8-10-39(25-7-6-19(30)15-23(25)29(31,32)33)17-24(21)35-28(22(27)16-34)41-18-20-5-4-9-36(20)2/h3,6-7,15,20H,1,4-5,8-14,17-18H2,2H3. The summed E-state index contributed by atoms with van der Waals surface area (Å²) in [4.78, 5) is 24.3. The van der Waals surface area contributed by atoms with E-state index in [0.717, 1.165) is 37.1 Å². The normalized spacial score (nSPS) is 19.6. The van der Waals surface area contributed by atoms with Crippen LogP contribution in [0.4, 0.5) is 28.9 Å². The lowest BCUT2D eigenvalue weighted by Gasteiger charge is -2.39. The average Bonchev–Trinajstić information content (AvgIpc) is 3.38. The highest BCUT2D eigenvalue weighted by Gasteiger charge is 2.37. The van der Waals surface area contributed by atoms with Crippen LogP contribution in [-0.2, 0) is 23.9 Å². The second-order valence-corrected chi connectivity index (χ2v) is 10.6. The first-order chi connectivity index (χ1) is 19.6. The fourth-order valence-electron chi connectivity index (χ4n) is 5.95. The number of halogens is 4. The van der Waals surface area contributed by atoms with Crippen LogP contribution in [0.5, 0.6) is 5.88 Å². The van der Waals surface area contributed by atoms with E-state index in [4.69, 9.17) is 9.72 Å². The first kappa shape index (κ1) is 28.7. The summed E-state index contributed by atoms with van der Waals surface area (Å²) in [6.07, 6.45) is -1.13. The van der Waals surface area contributed by atoms with Crippen molar-refractivity contribution in [1.82, 2.24) is 14.8 Å². The zero-order chi connectivity index (χ0) is 29.3. The molecule has 2 saturated heterocycles. The quantitative estimate of drug-likeness (QED) is 0.383. The molecule has 3 aliphatic heterocycles. The van der Waals surface area contributed by atoms with Crippen molar-refractivity contribution < 1.29 is 27.1 Å². The molecule has 1 atom stereocenters. The fraction of sp³-hybridized carbons (Fsp3) is 0.483. The number of fused-ring (bicyclic) bond motifs is 1. The van der Waals surface area contributed by atoms with Crippen LogP contribution < -0.4 is 14.5 Å². The van der Waals surface area contributed by atoms with Crippen LogP contribution in [0, 0.1) is 17.1 Å². The Morgan fingerprint density at radius 3 is 2.59 bits per heavy atom. The molecule has 1 amide bonds. The van der Waals surface area contributed by atoms with Gasteiger partial charge in [0.05, 0.1) is 23.5 Å². The molecule has 4 heterocycles. The lowest BCUT2D eigenvalue weighted by molar-refractivity contribution is -0.137. The molecule has 0 radical (unpaired) electrons. The molecule has 5 rings (SSSR count). The van der Waals surface area contributed by atoms with Crippen LogP contribution in [0.2, 0.25) is 0 Å². The Kier molecular flexibility index (Phi) is 8.09. The summed E-state index contributed by atoms with van der Waals surface area (Å²) in [5.74, 6) is -0.968. The van der Waals surface area contributed by atoms with Crippen LogP contribution in [0.3, 0.4) is 0 Å². The summed E-state index contributed by atoms with van der Waals surface area (Å²) < 4.78 is 61.5. The number of pyridine rings is 1. The van der Waals surface area contributed by atoms with Crippen LogP contribution >= 0.6 is 0 Å². The maximum atomic E-state index is 13.8. The smallest absolute Gasteiger partial charge is 0.418 e. The third-order valence-electron chi connectivity index (χ3n) is 8.18. The van der Waals surface area contributed by atoms with Gasteiger partial charge in [0.2, 0.25) is 11.8 Å². The van der Waals surface area contributed by atoms with Gasteiger partial charge in [-0.1, -0.05) is 6.58 Å². The minimum atomic E-state index is -4.73. The zero-order valence-electron chi connectivity index (χ0n) is 22.9. The van der Waals surface area contributed by atoms with Crippen molar-refractivity contribution >= 4 is 17.3 Å². The average molecular weight is 573 g/mol. The van der Waals surface area contributed by atoms with Crippen molar-refractivity contribution in [3.63, 3.8) is 0 Å². The van der Waals surface area contributed by atoms with E-state index in [9.17, 15) is 27.6 Å². The molecule has 12 heteroatoms. The van der Waals surface area contributed by atoms with Gasteiger partial charge >= 0.3 is 6.18 Å². The molecule has 0 saturated carbocycles. The minimum absolute atomic E-state index is 0.0390. The third-order valence-corrected chi connectivity index (χ3v) is 8.18. The molecule has 1 unspecified atom stereocenters. The number of nitrogens with zero attached hydrogens (tertiary/aromatic N) is 6. The Hall–Kier alpha value is -3.85. The largest absolute Gasteiger partial charge is 0.475 e. The molecule has 8 nitrogen and oxygen atoms in total. The lowest BCUT2D eigenvalue weighted by Crippen LogP contribution is -2.49. The van der Waals surface area contributed by atoms with E-state index in [1.54, 1.807) is 9.80 Å². The summed E-state index contributed by atoms with van der Waals surface area (Å²) in [5.41, 5.74) is 1.08. The zero-order valence-corrected chi connectivity index (χ0v) is 22.9. The Bertz CT molecular complexity index is 1370. The van der Waals surface area contributed by atoms with Gasteiger partial charge in [-0.3, -0.25) is 4.79 Å². The number of likely N-dealkylation sites (tertiary alicyclic amines) is 1. The van der Waals surface area contributed by atoms with E-state index in [2.05, 4.69) is 17.5 Å². The first-order valence-corrected chi connectivity index (χ1v) is 13.7. The molecule has 2 fully saturated rings. The van der Waals surface area contributed by atoms with Gasteiger partial charge in [0.15, 0.2) is 0 Å². The van der Waals surface area contributed by atoms with Crippen molar-refractivity contribution in [3.05, 3.63) is 59.1 Å². The van der Waals surface area contributed by atoms with Crippen molar-refractivity contribution in [1.29, 1.82) is 5.26 Å². The van der Waals surface area contributed by atoms with Crippen LogP contribution in [0.15, 0.2) is 30.9 Å². The van der Waals surface area contributed by atoms with Gasteiger partial charge < -0.3 is 24.3 Å². The van der Waals surface area contributed by atoms with E-state index in [1.807, 2.05) is 11.9 Å². The van der Waals surface area contributed by atoms with Crippen molar-refractivity contribution in [3.8, 4) is 11.9 Å². The van der Waals surface area contributed by atoms with E-state index >= 15 is 0 Å². The number of likely N-dealkylation sites (N-methyl/N-ethyl adjacent to an activating group) is 1. The monoisotopic (exact) mass is 572 g/mol. The van der Waals surface area contributed by atoms with Gasteiger partial charge in [-0.2, -0.15) is 18.4 Å². The Labute approximate surface area is 236 Å². The SMILES string of the molecule is C=CC(=O)N1CCN(c2c(C#N)c(OCC3CCCN3C)nc3c2CCN(c2ccc(F)cc2C(F)(F)F)C3)CC1. The molecule has 1 aromatic heterocycles. The summed E-state index contributed by atoms with van der Waals surface area (Å²) >= 11 is 0. The molecule has 3 aliphatic rings. The number of aromatic nitrogens is 1. The Morgan fingerprint density at radius 1 is 1.20 bits per heavy atom. The number of hydrogen-bond acceptors (Lipinski definition) is 7. The van der Waals surface area contributed by atoms with E-state index in [-0.39, 0.29) is 36.6 Å². The number of carbonyl (C=O) groups excluding carboxylic acids is 1. The molecule has 1 aromatic carbocycles. The number of rotatable bonds is 6. The maximum Gasteiger partial charge on any atom is 0.418 e. The number of hydrogen-bond donors (Lipinski definition) is 0. The second-order valence-electron chi connectivity index (χ2n) is 10.6. The Morgan fingerprint density at radius 2 is 1.95 bits per heavy atom. The number of carbonyl (C=O) groups is 1. The first-order valence-electron chi connectivity index (χ1n) is 13.7. The maximum absolute atomic E-state index is 13.8. The van der Waals surface area contributed by atoms with Gasteiger partial charge in [-0.05, 0) is 57.1 Å². The number of piperazine rings is 1. The van der Waals surface area contributed by atoms with E-state index < -0.39 is 17.6 Å². The van der Waals surface area contributed by atoms with Gasteiger partial charge in [-0.25, -0.2) is 9.37 Å². The summed E-state index contributed by atoms with van der Waals surface area (Å²) in [7, 11) is 2.01. The van der Waals surface area contributed by atoms with Crippen LogP contribution in [-0.4, -0.2) is 79.7 Å². The highest BCUT2D eigenvalue weighted by Crippen LogP contribution is 2.41. The molecule has 0 aliphatic carbocycles. The van der Waals surface area contributed by atoms with Crippen LogP contribution in [0.25, 0.3) is 0 Å². The number of anilines is 2. The van der Waals surface area contributed by atoms with Crippen molar-refractivity contribution in [2.75, 3.05) is 62.7 Å². The highest BCUT2D eigenvalue weighted by atomic mass is 19.4. The molecular weight excluding hydrogens is 540 g/mol. The molecule has 0 N–H and O–H groups in total. The predicted molar refractivity (Wildman–Crippen MR) is 145 cm³/mol. The summed E-state index contributed by atoms with van der Waals surface area (Å²) in [5, 5.41) is 10.3. The van der Waals surface area contributed by atoms with Gasteiger partial charge in [0.1, 0.15) is 24.1 Å². The lowest BCUT2D eigenvalue weighted by atomic mass is 9.97. The van der Waals surface area contributed by atoms with E-state index in [0.29, 0.717) is 62.2 Å². The molecular formula is C29H32F4N6O2. The van der Waals surface area contributed by atoms with Crippen molar-refractivity contribution in [2.24, 2.45) is 0 Å². The summed E-state index contributed by atoms with van der Waals surface area (Å²) in [6.45, 7) is 6.91. The molecule has 0 spiro atoms. The number of alkyl halides is 3. The highest BCUT2D eigenvalue weighted by molar-refractivity contribution is 5.87. The minimum Gasteiger partial charge on any atom is -0.475 e. The molecule has 0 bridgehead atoms. The van der Waals surface area contributed by atoms with Gasteiger partial charge in [0.25, 0.3) is 0 Å². The Balaban J connectivity index is 1.52. The topological polar surface area (TPSA) is 75.9 Å². The summed E-state index contributed by atoms with van der Waals surface area (Å²) in [6, 6.07) is 5.13. The molecule has 41 heavy (non-hydrogen) atoms. The van der Waals surface area contributed by atoms with Crippen LogP contribution in [0.1, 0.15) is 35.2 Å². The number of nitriles is 1. The number of amides is 1. The van der Waals surface area contributed by atoms with Gasteiger partial charge in [0, 0.05) is 50.0 Å². The van der Waals surface area contributed by atoms with Crippen molar-refractivity contribution in [2.45, 2.75) is 38.0 Å². The molecule has 2 aromatic rings. The fourth-order valence-corrected chi connectivity index (χ4v) is 5.95. The molecule has 218 valence electrons. The predicted octanol–water partition coefficient (Wildman–Crippen LogP) is 3.98. The number of ether oxygens (including phenoxy) is 1.